The predicted octanol–water partition coefficient (Wildman–Crippen LogP) is 0.897. The van der Waals surface area contributed by atoms with E-state index in [9.17, 15) is 9.90 Å². The molecule has 3 nitrogen and oxygen atoms in total. The first-order valence-electron chi connectivity index (χ1n) is 4.95. The fraction of sp³-hybridized carbons (Fsp3) is 0.900. The van der Waals surface area contributed by atoms with E-state index >= 15 is 0 Å². The summed E-state index contributed by atoms with van der Waals surface area (Å²) >= 11 is 0. The lowest BCUT2D eigenvalue weighted by Gasteiger charge is -2.41. The molecule has 0 aromatic carbocycles. The highest BCUT2D eigenvalue weighted by Crippen LogP contribution is 2.43. The van der Waals surface area contributed by atoms with E-state index < -0.39 is 5.60 Å². The molecule has 1 heterocycles. The first-order valence-corrected chi connectivity index (χ1v) is 4.95. The molecular weight excluding hydrogens is 168 g/mol. The average molecular weight is 184 g/mol. The Labute approximate surface area is 78.1 Å². The molecule has 2 rings (SSSR count). The predicted molar refractivity (Wildman–Crippen MR) is 47.4 cm³/mol. The molecule has 3 heteroatoms. The van der Waals surface area contributed by atoms with E-state index in [2.05, 4.69) is 0 Å². The van der Waals surface area contributed by atoms with Crippen LogP contribution in [0.15, 0.2) is 0 Å². The van der Waals surface area contributed by atoms with Crippen LogP contribution in [0.1, 0.15) is 32.1 Å². The number of rotatable bonds is 3. The molecule has 0 aromatic heterocycles. The Morgan fingerprint density at radius 2 is 2.15 bits per heavy atom. The molecule has 0 amide bonds. The standard InChI is InChI=1S/C10H16O3/c11-7-9(4-5-13-8-9)6-10(12)2-1-3-10/h7,12H,1-6,8H2. The first-order chi connectivity index (χ1) is 6.18. The van der Waals surface area contributed by atoms with Crippen LogP contribution in [0.2, 0.25) is 0 Å². The van der Waals surface area contributed by atoms with Crippen molar-refractivity contribution in [3.8, 4) is 0 Å². The quantitative estimate of drug-likeness (QED) is 0.663. The van der Waals surface area contributed by atoms with Gasteiger partial charge in [-0.1, -0.05) is 0 Å². The average Bonchev–Trinajstić information content (AvgIpc) is 2.51. The van der Waals surface area contributed by atoms with E-state index in [1.54, 1.807) is 0 Å². The maximum absolute atomic E-state index is 11.0. The monoisotopic (exact) mass is 184 g/mol. The van der Waals surface area contributed by atoms with Crippen LogP contribution in [0, 0.1) is 5.41 Å². The van der Waals surface area contributed by atoms with Gasteiger partial charge in [0, 0.05) is 6.61 Å². The van der Waals surface area contributed by atoms with E-state index in [4.69, 9.17) is 4.74 Å². The van der Waals surface area contributed by atoms with Crippen molar-refractivity contribution in [1.82, 2.24) is 0 Å². The zero-order chi connectivity index (χ0) is 9.36. The van der Waals surface area contributed by atoms with Gasteiger partial charge in [0.2, 0.25) is 0 Å². The minimum absolute atomic E-state index is 0.380. The second kappa shape index (κ2) is 3.07. The van der Waals surface area contributed by atoms with Gasteiger partial charge in [0.25, 0.3) is 0 Å². The van der Waals surface area contributed by atoms with Crippen LogP contribution in [0.25, 0.3) is 0 Å². The van der Waals surface area contributed by atoms with Crippen LogP contribution in [-0.2, 0) is 9.53 Å². The molecule has 1 unspecified atom stereocenters. The third-order valence-electron chi connectivity index (χ3n) is 3.35. The number of aliphatic hydroxyl groups is 1. The molecule has 0 bridgehead atoms. The highest BCUT2D eigenvalue weighted by molar-refractivity contribution is 5.60. The van der Waals surface area contributed by atoms with Crippen LogP contribution in [0.5, 0.6) is 0 Å². The smallest absolute Gasteiger partial charge is 0.128 e. The third kappa shape index (κ3) is 1.63. The molecular formula is C10H16O3. The number of hydrogen-bond acceptors (Lipinski definition) is 3. The van der Waals surface area contributed by atoms with Gasteiger partial charge in [-0.2, -0.15) is 0 Å². The zero-order valence-electron chi connectivity index (χ0n) is 7.79. The largest absolute Gasteiger partial charge is 0.390 e. The van der Waals surface area contributed by atoms with Gasteiger partial charge in [-0.3, -0.25) is 0 Å². The van der Waals surface area contributed by atoms with Gasteiger partial charge >= 0.3 is 0 Å². The van der Waals surface area contributed by atoms with Gasteiger partial charge in [0.1, 0.15) is 6.29 Å². The van der Waals surface area contributed by atoms with Crippen molar-refractivity contribution in [3.63, 3.8) is 0 Å². The Hall–Kier alpha value is -0.410. The van der Waals surface area contributed by atoms with E-state index in [-0.39, 0.29) is 5.41 Å². The first kappa shape index (κ1) is 9.16. The number of carbonyl (C=O) groups excluding carboxylic acids is 1. The topological polar surface area (TPSA) is 46.5 Å². The Bertz CT molecular complexity index is 202. The van der Waals surface area contributed by atoms with Gasteiger partial charge in [-0.05, 0) is 32.1 Å². The molecule has 0 radical (unpaired) electrons. The van der Waals surface area contributed by atoms with Crippen molar-refractivity contribution in [1.29, 1.82) is 0 Å². The number of aldehydes is 1. The molecule has 1 aliphatic heterocycles. The van der Waals surface area contributed by atoms with E-state index in [1.807, 2.05) is 0 Å². The molecule has 2 aliphatic rings. The van der Waals surface area contributed by atoms with Crippen LogP contribution in [-0.4, -0.2) is 30.2 Å². The van der Waals surface area contributed by atoms with Gasteiger partial charge in [-0.15, -0.1) is 0 Å². The summed E-state index contributed by atoms with van der Waals surface area (Å²) in [5.41, 5.74) is -0.941. The molecule has 74 valence electrons. The maximum Gasteiger partial charge on any atom is 0.128 e. The summed E-state index contributed by atoms with van der Waals surface area (Å²) in [4.78, 5) is 11.0. The Morgan fingerprint density at radius 3 is 2.54 bits per heavy atom. The van der Waals surface area contributed by atoms with Crippen LogP contribution in [0.3, 0.4) is 0 Å². The Kier molecular flexibility index (Phi) is 2.16. The van der Waals surface area contributed by atoms with Crippen molar-refractivity contribution >= 4 is 6.29 Å². The summed E-state index contributed by atoms with van der Waals surface area (Å²) in [6.07, 6.45) is 5.15. The van der Waals surface area contributed by atoms with Crippen molar-refractivity contribution in [2.24, 2.45) is 5.41 Å². The Balaban J connectivity index is 2.00. The van der Waals surface area contributed by atoms with Gasteiger partial charge in [0.15, 0.2) is 0 Å². The molecule has 2 fully saturated rings. The molecule has 1 atom stereocenters. The lowest BCUT2D eigenvalue weighted by atomic mass is 9.68. The SMILES string of the molecule is O=CC1(CC2(O)CCC2)CCOC1. The van der Waals surface area contributed by atoms with Crippen molar-refractivity contribution < 1.29 is 14.6 Å². The molecule has 0 aromatic rings. The van der Waals surface area contributed by atoms with E-state index in [1.165, 1.54) is 0 Å². The minimum Gasteiger partial charge on any atom is -0.390 e. The highest BCUT2D eigenvalue weighted by atomic mass is 16.5. The second-order valence-corrected chi connectivity index (χ2v) is 4.54. The van der Waals surface area contributed by atoms with Gasteiger partial charge < -0.3 is 14.6 Å². The third-order valence-corrected chi connectivity index (χ3v) is 3.35. The lowest BCUT2D eigenvalue weighted by Crippen LogP contribution is -2.43. The zero-order valence-corrected chi connectivity index (χ0v) is 7.79. The van der Waals surface area contributed by atoms with Crippen LogP contribution < -0.4 is 0 Å². The van der Waals surface area contributed by atoms with E-state index in [0.29, 0.717) is 19.6 Å². The van der Waals surface area contributed by atoms with Crippen molar-refractivity contribution in [2.45, 2.75) is 37.7 Å². The number of carbonyl (C=O) groups is 1. The van der Waals surface area contributed by atoms with Crippen molar-refractivity contribution in [3.05, 3.63) is 0 Å². The summed E-state index contributed by atoms with van der Waals surface area (Å²) in [5, 5.41) is 9.95. The summed E-state index contributed by atoms with van der Waals surface area (Å²) in [7, 11) is 0. The lowest BCUT2D eigenvalue weighted by molar-refractivity contribution is -0.125. The van der Waals surface area contributed by atoms with Crippen molar-refractivity contribution in [2.75, 3.05) is 13.2 Å². The summed E-state index contributed by atoms with van der Waals surface area (Å²) in [6, 6.07) is 0. The summed E-state index contributed by atoms with van der Waals surface area (Å²) < 4.78 is 5.22. The second-order valence-electron chi connectivity index (χ2n) is 4.54. The number of hydrogen-bond donors (Lipinski definition) is 1. The Morgan fingerprint density at radius 1 is 1.38 bits per heavy atom. The van der Waals surface area contributed by atoms with Gasteiger partial charge in [0.05, 0.1) is 17.6 Å². The molecule has 13 heavy (non-hydrogen) atoms. The minimum atomic E-state index is -0.561. The fourth-order valence-electron chi connectivity index (χ4n) is 2.31. The summed E-state index contributed by atoms with van der Waals surface area (Å²) in [6.45, 7) is 1.16. The van der Waals surface area contributed by atoms with Gasteiger partial charge in [-0.25, -0.2) is 0 Å². The summed E-state index contributed by atoms with van der Waals surface area (Å²) in [5.74, 6) is 0. The maximum atomic E-state index is 11.0. The highest BCUT2D eigenvalue weighted by Gasteiger charge is 2.45. The normalized spacial score (nSPS) is 37.0. The molecule has 1 N–H and O–H groups in total. The molecule has 1 saturated carbocycles. The van der Waals surface area contributed by atoms with Crippen LogP contribution in [0.4, 0.5) is 0 Å². The van der Waals surface area contributed by atoms with E-state index in [0.717, 1.165) is 32.0 Å². The molecule has 1 aliphatic carbocycles. The number of ether oxygens (including phenoxy) is 1. The fourth-order valence-corrected chi connectivity index (χ4v) is 2.31. The molecule has 0 spiro atoms. The molecule has 1 saturated heterocycles. The van der Waals surface area contributed by atoms with Crippen LogP contribution >= 0.6 is 0 Å².